The van der Waals surface area contributed by atoms with Gasteiger partial charge in [0.2, 0.25) is 0 Å². The molecule has 2 amide bonds. The van der Waals surface area contributed by atoms with E-state index in [9.17, 15) is 14.4 Å². The largest absolute Gasteiger partial charge is 0.332 e. The first-order valence-corrected chi connectivity index (χ1v) is 5.89. The van der Waals surface area contributed by atoms with Crippen LogP contribution in [0.2, 0.25) is 0 Å². The molecule has 0 aliphatic carbocycles. The van der Waals surface area contributed by atoms with Crippen molar-refractivity contribution in [3.63, 3.8) is 0 Å². The number of Topliss-reactive ketones (excluding diaryl/α,β-unsaturated/α-hetero) is 1. The molecule has 1 saturated heterocycles. The van der Waals surface area contributed by atoms with Crippen molar-refractivity contribution in [2.24, 2.45) is 0 Å². The standard InChI is InChI=1S/C14H14N2O3/c1-8(2)10-13(18)16-11(14(19)15-10)12(17)9-6-4-3-5-7-9/h3-7,11H,1-2H3,(H,15,19)(H,16,18)/t11-/m0/s1. The lowest BCUT2D eigenvalue weighted by Crippen LogP contribution is -2.58. The molecule has 5 heteroatoms. The summed E-state index contributed by atoms with van der Waals surface area (Å²) in [6.07, 6.45) is 0. The molecular weight excluding hydrogens is 244 g/mol. The van der Waals surface area contributed by atoms with Gasteiger partial charge in [-0.15, -0.1) is 0 Å². The van der Waals surface area contributed by atoms with Crippen molar-refractivity contribution in [1.29, 1.82) is 0 Å². The van der Waals surface area contributed by atoms with Gasteiger partial charge < -0.3 is 10.6 Å². The molecule has 1 fully saturated rings. The first-order chi connectivity index (χ1) is 9.00. The number of carbonyl (C=O) groups is 3. The van der Waals surface area contributed by atoms with Gasteiger partial charge in [-0.2, -0.15) is 0 Å². The van der Waals surface area contributed by atoms with Crippen LogP contribution in [0.1, 0.15) is 24.2 Å². The summed E-state index contributed by atoms with van der Waals surface area (Å²) in [7, 11) is 0. The maximum absolute atomic E-state index is 12.1. The lowest BCUT2D eigenvalue weighted by Gasteiger charge is -2.24. The molecule has 5 nitrogen and oxygen atoms in total. The number of carbonyl (C=O) groups excluding carboxylic acids is 3. The van der Waals surface area contributed by atoms with Crippen molar-refractivity contribution < 1.29 is 14.4 Å². The lowest BCUT2D eigenvalue weighted by atomic mass is 10.0. The molecule has 1 aromatic carbocycles. The van der Waals surface area contributed by atoms with Crippen LogP contribution < -0.4 is 10.6 Å². The summed E-state index contributed by atoms with van der Waals surface area (Å²) >= 11 is 0. The summed E-state index contributed by atoms with van der Waals surface area (Å²) in [5.74, 6) is -1.36. The average Bonchev–Trinajstić information content (AvgIpc) is 2.41. The van der Waals surface area contributed by atoms with Gasteiger partial charge in [0.1, 0.15) is 5.70 Å². The SMILES string of the molecule is CC(C)=C1NC(=O)[C@H](C(=O)c2ccccc2)NC1=O. The molecule has 0 saturated carbocycles. The Balaban J connectivity index is 2.25. The van der Waals surface area contributed by atoms with Crippen molar-refractivity contribution in [2.75, 3.05) is 0 Å². The minimum Gasteiger partial charge on any atom is -0.332 e. The van der Waals surface area contributed by atoms with E-state index in [2.05, 4.69) is 10.6 Å². The predicted molar refractivity (Wildman–Crippen MR) is 69.2 cm³/mol. The highest BCUT2D eigenvalue weighted by molar-refractivity contribution is 6.19. The van der Waals surface area contributed by atoms with Gasteiger partial charge in [-0.3, -0.25) is 14.4 Å². The maximum atomic E-state index is 12.1. The first-order valence-electron chi connectivity index (χ1n) is 5.89. The smallest absolute Gasteiger partial charge is 0.268 e. The van der Waals surface area contributed by atoms with E-state index >= 15 is 0 Å². The lowest BCUT2D eigenvalue weighted by molar-refractivity contribution is -0.130. The second kappa shape index (κ2) is 5.06. The second-order valence-corrected chi connectivity index (χ2v) is 4.50. The van der Waals surface area contributed by atoms with E-state index in [1.54, 1.807) is 44.2 Å². The number of benzene rings is 1. The molecule has 0 spiro atoms. The Morgan fingerprint density at radius 1 is 1.11 bits per heavy atom. The van der Waals surface area contributed by atoms with E-state index < -0.39 is 23.6 Å². The van der Waals surface area contributed by atoms with Crippen LogP contribution in [-0.4, -0.2) is 23.6 Å². The Morgan fingerprint density at radius 3 is 2.32 bits per heavy atom. The summed E-state index contributed by atoms with van der Waals surface area (Å²) in [4.78, 5) is 35.8. The average molecular weight is 258 g/mol. The Labute approximate surface area is 110 Å². The zero-order chi connectivity index (χ0) is 14.0. The number of nitrogens with one attached hydrogen (secondary N) is 2. The van der Waals surface area contributed by atoms with Crippen molar-refractivity contribution in [3.8, 4) is 0 Å². The Hall–Kier alpha value is -2.43. The third-order valence-corrected chi connectivity index (χ3v) is 2.83. The highest BCUT2D eigenvalue weighted by atomic mass is 16.2. The maximum Gasteiger partial charge on any atom is 0.268 e. The Morgan fingerprint density at radius 2 is 1.74 bits per heavy atom. The highest BCUT2D eigenvalue weighted by Crippen LogP contribution is 2.10. The van der Waals surface area contributed by atoms with Gasteiger partial charge in [-0.1, -0.05) is 30.3 Å². The van der Waals surface area contributed by atoms with Crippen LogP contribution in [0.4, 0.5) is 0 Å². The third kappa shape index (κ3) is 2.54. The summed E-state index contributed by atoms with van der Waals surface area (Å²) in [5, 5.41) is 4.91. The molecule has 2 N–H and O–H groups in total. The summed E-state index contributed by atoms with van der Waals surface area (Å²) in [6, 6.07) is 7.24. The minimum atomic E-state index is -1.17. The minimum absolute atomic E-state index is 0.210. The van der Waals surface area contributed by atoms with Gasteiger partial charge in [0.05, 0.1) is 0 Å². The topological polar surface area (TPSA) is 75.3 Å². The van der Waals surface area contributed by atoms with Crippen molar-refractivity contribution in [1.82, 2.24) is 10.6 Å². The van der Waals surface area contributed by atoms with E-state index in [0.29, 0.717) is 11.1 Å². The van der Waals surface area contributed by atoms with E-state index in [0.717, 1.165) is 0 Å². The van der Waals surface area contributed by atoms with E-state index in [-0.39, 0.29) is 5.70 Å². The van der Waals surface area contributed by atoms with E-state index in [1.807, 2.05) is 0 Å². The van der Waals surface area contributed by atoms with Gasteiger partial charge in [-0.05, 0) is 19.4 Å². The molecule has 19 heavy (non-hydrogen) atoms. The summed E-state index contributed by atoms with van der Waals surface area (Å²) in [5.41, 5.74) is 1.29. The number of ketones is 1. The Bertz CT molecular complexity index is 572. The van der Waals surface area contributed by atoms with Crippen LogP contribution >= 0.6 is 0 Å². The van der Waals surface area contributed by atoms with Crippen LogP contribution in [0, 0.1) is 0 Å². The molecule has 1 aliphatic heterocycles. The molecule has 1 atom stereocenters. The predicted octanol–water partition coefficient (Wildman–Crippen LogP) is 0.778. The number of piperazine rings is 1. The van der Waals surface area contributed by atoms with Crippen molar-refractivity contribution in [2.45, 2.75) is 19.9 Å². The van der Waals surface area contributed by atoms with Crippen molar-refractivity contribution >= 4 is 17.6 Å². The van der Waals surface area contributed by atoms with Crippen LogP contribution in [0.5, 0.6) is 0 Å². The fraction of sp³-hybridized carbons (Fsp3) is 0.214. The zero-order valence-corrected chi connectivity index (χ0v) is 10.7. The molecule has 1 aromatic rings. The van der Waals surface area contributed by atoms with Crippen LogP contribution in [-0.2, 0) is 9.59 Å². The monoisotopic (exact) mass is 258 g/mol. The molecule has 0 unspecified atom stereocenters. The van der Waals surface area contributed by atoms with Gasteiger partial charge in [0, 0.05) is 5.56 Å². The van der Waals surface area contributed by atoms with Gasteiger partial charge in [0.15, 0.2) is 11.8 Å². The fourth-order valence-electron chi connectivity index (χ4n) is 1.83. The molecular formula is C14H14N2O3. The second-order valence-electron chi connectivity index (χ2n) is 4.50. The quantitative estimate of drug-likeness (QED) is 0.467. The van der Waals surface area contributed by atoms with Crippen LogP contribution in [0.3, 0.4) is 0 Å². The third-order valence-electron chi connectivity index (χ3n) is 2.83. The molecule has 0 bridgehead atoms. The van der Waals surface area contributed by atoms with E-state index in [1.165, 1.54) is 0 Å². The molecule has 0 aromatic heterocycles. The van der Waals surface area contributed by atoms with Crippen LogP contribution in [0.25, 0.3) is 0 Å². The zero-order valence-electron chi connectivity index (χ0n) is 10.7. The fourth-order valence-corrected chi connectivity index (χ4v) is 1.83. The molecule has 98 valence electrons. The number of rotatable bonds is 2. The number of allylic oxidation sites excluding steroid dienone is 1. The first kappa shape index (κ1) is 13.0. The Kier molecular flexibility index (Phi) is 3.46. The van der Waals surface area contributed by atoms with Gasteiger partial charge in [-0.25, -0.2) is 0 Å². The van der Waals surface area contributed by atoms with Gasteiger partial charge in [0.25, 0.3) is 11.8 Å². The van der Waals surface area contributed by atoms with Crippen molar-refractivity contribution in [3.05, 3.63) is 47.2 Å². The molecule has 0 radical (unpaired) electrons. The number of amides is 2. The van der Waals surface area contributed by atoms with Crippen LogP contribution in [0.15, 0.2) is 41.6 Å². The molecule has 2 rings (SSSR count). The normalized spacial score (nSPS) is 18.6. The molecule has 1 aliphatic rings. The van der Waals surface area contributed by atoms with Gasteiger partial charge >= 0.3 is 0 Å². The highest BCUT2D eigenvalue weighted by Gasteiger charge is 2.35. The number of hydrogen-bond donors (Lipinski definition) is 2. The van der Waals surface area contributed by atoms with E-state index in [4.69, 9.17) is 0 Å². The summed E-state index contributed by atoms with van der Waals surface area (Å²) < 4.78 is 0. The molecule has 1 heterocycles. The number of hydrogen-bond acceptors (Lipinski definition) is 3. The summed E-state index contributed by atoms with van der Waals surface area (Å²) in [6.45, 7) is 3.43.